The minimum atomic E-state index is -0.538. The molecule has 0 aliphatic rings. The van der Waals surface area contributed by atoms with Crippen LogP contribution in [-0.4, -0.2) is 10.9 Å². The SMILES string of the molecule is O=C(OCc1ccc([N+](=O)[O-])cc1Cl)c1ccc(Br)cc1. The van der Waals surface area contributed by atoms with Crippen LogP contribution < -0.4 is 0 Å². The number of carbonyl (C=O) groups excluding carboxylic acids is 1. The Morgan fingerprint density at radius 1 is 1.24 bits per heavy atom. The summed E-state index contributed by atoms with van der Waals surface area (Å²) in [6, 6.07) is 10.7. The molecule has 2 aromatic carbocycles. The minimum Gasteiger partial charge on any atom is -0.457 e. The number of nitrogens with zero attached hydrogens (tertiary/aromatic N) is 1. The number of rotatable bonds is 4. The highest BCUT2D eigenvalue weighted by Crippen LogP contribution is 2.23. The Hall–Kier alpha value is -1.92. The van der Waals surface area contributed by atoms with Crippen molar-refractivity contribution in [3.8, 4) is 0 Å². The molecule has 0 bridgehead atoms. The average Bonchev–Trinajstić information content (AvgIpc) is 2.46. The van der Waals surface area contributed by atoms with Crippen LogP contribution in [0.25, 0.3) is 0 Å². The van der Waals surface area contributed by atoms with Gasteiger partial charge in [0.15, 0.2) is 0 Å². The summed E-state index contributed by atoms with van der Waals surface area (Å²) in [5.74, 6) is -0.489. The van der Waals surface area contributed by atoms with E-state index in [1.54, 1.807) is 24.3 Å². The fourth-order valence-corrected chi connectivity index (χ4v) is 2.07. The van der Waals surface area contributed by atoms with E-state index < -0.39 is 10.9 Å². The van der Waals surface area contributed by atoms with Crippen molar-refractivity contribution in [2.24, 2.45) is 0 Å². The van der Waals surface area contributed by atoms with E-state index in [2.05, 4.69) is 15.9 Å². The first kappa shape index (κ1) is 15.5. The molecule has 0 saturated carbocycles. The number of halogens is 2. The summed E-state index contributed by atoms with van der Waals surface area (Å²) in [6.45, 7) is -0.0499. The van der Waals surface area contributed by atoms with Gasteiger partial charge in [-0.25, -0.2) is 4.79 Å². The third-order valence-electron chi connectivity index (χ3n) is 2.69. The van der Waals surface area contributed by atoms with Crippen molar-refractivity contribution in [1.82, 2.24) is 0 Å². The van der Waals surface area contributed by atoms with Gasteiger partial charge in [-0.3, -0.25) is 10.1 Å². The first-order valence-electron chi connectivity index (χ1n) is 5.83. The van der Waals surface area contributed by atoms with E-state index in [0.717, 1.165) is 4.47 Å². The van der Waals surface area contributed by atoms with E-state index in [1.165, 1.54) is 18.2 Å². The van der Waals surface area contributed by atoms with Gasteiger partial charge in [0.25, 0.3) is 5.69 Å². The number of hydrogen-bond acceptors (Lipinski definition) is 4. The van der Waals surface area contributed by atoms with Crippen molar-refractivity contribution in [2.45, 2.75) is 6.61 Å². The molecule has 0 amide bonds. The molecular weight excluding hydrogens is 362 g/mol. The Morgan fingerprint density at radius 2 is 1.90 bits per heavy atom. The summed E-state index contributed by atoms with van der Waals surface area (Å²) in [5, 5.41) is 10.8. The van der Waals surface area contributed by atoms with Gasteiger partial charge in [-0.05, 0) is 30.3 Å². The van der Waals surface area contributed by atoms with Gasteiger partial charge in [0.1, 0.15) is 6.61 Å². The lowest BCUT2D eigenvalue weighted by molar-refractivity contribution is -0.384. The highest BCUT2D eigenvalue weighted by molar-refractivity contribution is 9.10. The molecular formula is C14H9BrClNO4. The normalized spacial score (nSPS) is 10.2. The minimum absolute atomic E-state index is 0.0499. The second-order valence-electron chi connectivity index (χ2n) is 4.12. The molecule has 2 rings (SSSR count). The van der Waals surface area contributed by atoms with Crippen LogP contribution >= 0.6 is 27.5 Å². The molecule has 0 heterocycles. The van der Waals surface area contributed by atoms with Gasteiger partial charge in [-0.15, -0.1) is 0 Å². The van der Waals surface area contributed by atoms with Crippen molar-refractivity contribution in [2.75, 3.05) is 0 Å². The Labute approximate surface area is 133 Å². The molecule has 0 saturated heterocycles. The number of benzene rings is 2. The van der Waals surface area contributed by atoms with E-state index in [4.69, 9.17) is 16.3 Å². The van der Waals surface area contributed by atoms with Crippen molar-refractivity contribution in [3.05, 3.63) is 73.2 Å². The van der Waals surface area contributed by atoms with Crippen molar-refractivity contribution < 1.29 is 14.5 Å². The van der Waals surface area contributed by atoms with Crippen LogP contribution in [0.5, 0.6) is 0 Å². The van der Waals surface area contributed by atoms with Crippen LogP contribution in [0.15, 0.2) is 46.9 Å². The fourth-order valence-electron chi connectivity index (χ4n) is 1.58. The third-order valence-corrected chi connectivity index (χ3v) is 3.57. The maximum absolute atomic E-state index is 11.8. The number of nitro groups is 1. The lowest BCUT2D eigenvalue weighted by Gasteiger charge is -2.06. The molecule has 21 heavy (non-hydrogen) atoms. The predicted octanol–water partition coefficient (Wildman–Crippen LogP) is 4.37. The zero-order valence-corrected chi connectivity index (χ0v) is 12.9. The number of esters is 1. The molecule has 0 spiro atoms. The third kappa shape index (κ3) is 4.03. The summed E-state index contributed by atoms with van der Waals surface area (Å²) in [6.07, 6.45) is 0. The van der Waals surface area contributed by atoms with Crippen LogP contribution in [0.3, 0.4) is 0 Å². The molecule has 0 unspecified atom stereocenters. The first-order valence-corrected chi connectivity index (χ1v) is 7.00. The number of hydrogen-bond donors (Lipinski definition) is 0. The maximum Gasteiger partial charge on any atom is 0.338 e. The van der Waals surface area contributed by atoms with Gasteiger partial charge in [0.05, 0.1) is 15.5 Å². The second-order valence-corrected chi connectivity index (χ2v) is 5.44. The zero-order valence-electron chi connectivity index (χ0n) is 10.6. The van der Waals surface area contributed by atoms with Crippen LogP contribution in [0.2, 0.25) is 5.02 Å². The predicted molar refractivity (Wildman–Crippen MR) is 81.4 cm³/mol. The van der Waals surface area contributed by atoms with Gasteiger partial charge in [0.2, 0.25) is 0 Å². The zero-order chi connectivity index (χ0) is 15.4. The van der Waals surface area contributed by atoms with Crippen LogP contribution in [0.1, 0.15) is 15.9 Å². The Balaban J connectivity index is 2.04. The topological polar surface area (TPSA) is 69.4 Å². The Bertz CT molecular complexity index is 688. The van der Waals surface area contributed by atoms with Gasteiger partial charge in [0, 0.05) is 22.2 Å². The lowest BCUT2D eigenvalue weighted by atomic mass is 10.2. The van der Waals surface area contributed by atoms with E-state index >= 15 is 0 Å². The Kier molecular flexibility index (Phi) is 4.93. The van der Waals surface area contributed by atoms with Gasteiger partial charge >= 0.3 is 5.97 Å². The monoisotopic (exact) mass is 369 g/mol. The number of carbonyl (C=O) groups is 1. The highest BCUT2D eigenvalue weighted by atomic mass is 79.9. The highest BCUT2D eigenvalue weighted by Gasteiger charge is 2.12. The van der Waals surface area contributed by atoms with Gasteiger partial charge in [-0.2, -0.15) is 0 Å². The first-order chi connectivity index (χ1) is 9.97. The van der Waals surface area contributed by atoms with Crippen LogP contribution in [-0.2, 0) is 11.3 Å². The molecule has 108 valence electrons. The van der Waals surface area contributed by atoms with E-state index in [0.29, 0.717) is 11.1 Å². The van der Waals surface area contributed by atoms with Gasteiger partial charge in [-0.1, -0.05) is 27.5 Å². The van der Waals surface area contributed by atoms with Crippen molar-refractivity contribution in [1.29, 1.82) is 0 Å². The lowest BCUT2D eigenvalue weighted by Crippen LogP contribution is -2.05. The fraction of sp³-hybridized carbons (Fsp3) is 0.0714. The molecule has 0 N–H and O–H groups in total. The second kappa shape index (κ2) is 6.69. The summed E-state index contributed by atoms with van der Waals surface area (Å²) < 4.78 is 5.99. The molecule has 0 aliphatic carbocycles. The molecule has 0 atom stereocenters. The molecule has 2 aromatic rings. The van der Waals surface area contributed by atoms with Crippen molar-refractivity contribution >= 4 is 39.2 Å². The molecule has 0 aromatic heterocycles. The molecule has 0 aliphatic heterocycles. The standard InChI is InChI=1S/C14H9BrClNO4/c15-11-4-1-9(2-5-11)14(18)21-8-10-3-6-12(17(19)20)7-13(10)16/h1-7H,8H2. The van der Waals surface area contributed by atoms with Gasteiger partial charge < -0.3 is 4.74 Å². The molecule has 7 heteroatoms. The summed E-state index contributed by atoms with van der Waals surface area (Å²) in [5.41, 5.74) is 0.812. The number of non-ortho nitro benzene ring substituents is 1. The van der Waals surface area contributed by atoms with E-state index in [-0.39, 0.29) is 17.3 Å². The molecule has 0 radical (unpaired) electrons. The van der Waals surface area contributed by atoms with Crippen molar-refractivity contribution in [3.63, 3.8) is 0 Å². The summed E-state index contributed by atoms with van der Waals surface area (Å²) in [4.78, 5) is 21.9. The largest absolute Gasteiger partial charge is 0.457 e. The van der Waals surface area contributed by atoms with Crippen LogP contribution in [0.4, 0.5) is 5.69 Å². The summed E-state index contributed by atoms with van der Waals surface area (Å²) in [7, 11) is 0. The maximum atomic E-state index is 11.8. The number of nitro benzene ring substituents is 1. The van der Waals surface area contributed by atoms with Crippen LogP contribution in [0, 0.1) is 10.1 Å². The quantitative estimate of drug-likeness (QED) is 0.455. The Morgan fingerprint density at radius 3 is 2.48 bits per heavy atom. The average molecular weight is 371 g/mol. The molecule has 0 fully saturated rings. The molecule has 5 nitrogen and oxygen atoms in total. The van der Waals surface area contributed by atoms with E-state index in [1.807, 2.05) is 0 Å². The smallest absolute Gasteiger partial charge is 0.338 e. The number of ether oxygens (including phenoxy) is 1. The van der Waals surface area contributed by atoms with E-state index in [9.17, 15) is 14.9 Å². The summed E-state index contributed by atoms with van der Waals surface area (Å²) >= 11 is 9.20.